The van der Waals surface area contributed by atoms with Crippen molar-refractivity contribution in [2.75, 3.05) is 6.61 Å². The molecule has 1 aromatic heterocycles. The Morgan fingerprint density at radius 2 is 1.74 bits per heavy atom. The zero-order chi connectivity index (χ0) is 13.8. The Balaban J connectivity index is 2.23. The molecule has 0 aliphatic rings. The molecule has 4 heteroatoms. The molecule has 0 atom stereocenters. The summed E-state index contributed by atoms with van der Waals surface area (Å²) in [6, 6.07) is 9.45. The molecule has 0 bridgehead atoms. The van der Waals surface area contributed by atoms with E-state index < -0.39 is 0 Å². The van der Waals surface area contributed by atoms with Gasteiger partial charge in [-0.2, -0.15) is 4.98 Å². The molecule has 3 nitrogen and oxygen atoms in total. The lowest BCUT2D eigenvalue weighted by atomic mass is 10.1. The molecule has 0 saturated heterocycles. The molecular weight excluding hydrogens is 306 g/mol. The minimum atomic E-state index is 0.534. The van der Waals surface area contributed by atoms with Gasteiger partial charge in [-0.25, -0.2) is 0 Å². The van der Waals surface area contributed by atoms with Crippen molar-refractivity contribution in [2.45, 2.75) is 20.8 Å². The Labute approximate surface area is 121 Å². The van der Waals surface area contributed by atoms with E-state index in [2.05, 4.69) is 20.9 Å². The van der Waals surface area contributed by atoms with Gasteiger partial charge in [-0.05, 0) is 44.0 Å². The predicted molar refractivity (Wildman–Crippen MR) is 79.1 cm³/mol. The van der Waals surface area contributed by atoms with Crippen LogP contribution in [0.4, 0.5) is 0 Å². The zero-order valence-electron chi connectivity index (χ0n) is 11.2. The Morgan fingerprint density at radius 3 is 2.37 bits per heavy atom. The van der Waals surface area contributed by atoms with E-state index in [1.165, 1.54) is 0 Å². The molecule has 19 heavy (non-hydrogen) atoms. The first-order chi connectivity index (χ1) is 9.10. The van der Waals surface area contributed by atoms with Crippen LogP contribution in [0.3, 0.4) is 0 Å². The molecule has 0 radical (unpaired) electrons. The van der Waals surface area contributed by atoms with Crippen molar-refractivity contribution in [2.24, 2.45) is 0 Å². The highest BCUT2D eigenvalue weighted by molar-refractivity contribution is 9.10. The van der Waals surface area contributed by atoms with Crippen molar-refractivity contribution < 1.29 is 9.47 Å². The van der Waals surface area contributed by atoms with Gasteiger partial charge in [0.2, 0.25) is 11.8 Å². The SMILES string of the molecule is CCOc1cccc(Oc2cc(C)c(Br)c(C)c2)n1. The van der Waals surface area contributed by atoms with Crippen LogP contribution in [0, 0.1) is 13.8 Å². The summed E-state index contributed by atoms with van der Waals surface area (Å²) in [7, 11) is 0. The summed E-state index contributed by atoms with van der Waals surface area (Å²) < 4.78 is 12.2. The molecule has 0 spiro atoms. The molecule has 0 unspecified atom stereocenters. The first kappa shape index (κ1) is 13.9. The van der Waals surface area contributed by atoms with Crippen molar-refractivity contribution in [3.05, 3.63) is 45.9 Å². The summed E-state index contributed by atoms with van der Waals surface area (Å²) in [5, 5.41) is 0. The summed E-state index contributed by atoms with van der Waals surface area (Å²) in [4.78, 5) is 4.28. The Kier molecular flexibility index (Phi) is 4.43. The number of aryl methyl sites for hydroxylation is 2. The number of hydrogen-bond acceptors (Lipinski definition) is 3. The number of aromatic nitrogens is 1. The van der Waals surface area contributed by atoms with E-state index in [0.29, 0.717) is 18.4 Å². The average Bonchev–Trinajstić information content (AvgIpc) is 2.37. The number of ether oxygens (including phenoxy) is 2. The normalized spacial score (nSPS) is 10.3. The molecule has 100 valence electrons. The molecule has 2 rings (SSSR count). The lowest BCUT2D eigenvalue weighted by Crippen LogP contribution is -1.96. The van der Waals surface area contributed by atoms with Crippen LogP contribution < -0.4 is 9.47 Å². The minimum Gasteiger partial charge on any atom is -0.478 e. The van der Waals surface area contributed by atoms with Gasteiger partial charge in [-0.1, -0.05) is 22.0 Å². The largest absolute Gasteiger partial charge is 0.478 e. The average molecular weight is 322 g/mol. The highest BCUT2D eigenvalue weighted by atomic mass is 79.9. The van der Waals surface area contributed by atoms with Crippen LogP contribution >= 0.6 is 15.9 Å². The van der Waals surface area contributed by atoms with E-state index >= 15 is 0 Å². The third-order valence-corrected chi connectivity index (χ3v) is 3.87. The standard InChI is InChI=1S/C15H16BrNO2/c1-4-18-13-6-5-7-14(17-13)19-12-8-10(2)15(16)11(3)9-12/h5-9H,4H2,1-3H3. The number of hydrogen-bond donors (Lipinski definition) is 0. The van der Waals surface area contributed by atoms with Gasteiger partial charge in [-0.3, -0.25) is 0 Å². The Hall–Kier alpha value is -1.55. The molecular formula is C15H16BrNO2. The molecule has 0 amide bonds. The van der Waals surface area contributed by atoms with Crippen molar-refractivity contribution in [1.82, 2.24) is 4.98 Å². The van der Waals surface area contributed by atoms with Gasteiger partial charge in [0.25, 0.3) is 0 Å². The maximum absolute atomic E-state index is 5.77. The molecule has 0 saturated carbocycles. The van der Waals surface area contributed by atoms with E-state index in [0.717, 1.165) is 21.3 Å². The number of rotatable bonds is 4. The molecule has 1 heterocycles. The van der Waals surface area contributed by atoms with Gasteiger partial charge in [0, 0.05) is 16.6 Å². The van der Waals surface area contributed by atoms with Crippen LogP contribution in [0.2, 0.25) is 0 Å². The van der Waals surface area contributed by atoms with Gasteiger partial charge in [0.15, 0.2) is 0 Å². The topological polar surface area (TPSA) is 31.4 Å². The van der Waals surface area contributed by atoms with Crippen LogP contribution in [0.5, 0.6) is 17.5 Å². The first-order valence-electron chi connectivity index (χ1n) is 6.14. The highest BCUT2D eigenvalue weighted by Crippen LogP contribution is 2.29. The fourth-order valence-electron chi connectivity index (χ4n) is 1.77. The second-order valence-corrected chi connectivity index (χ2v) is 5.01. The summed E-state index contributed by atoms with van der Waals surface area (Å²) in [6.07, 6.45) is 0. The second kappa shape index (κ2) is 6.06. The van der Waals surface area contributed by atoms with Crippen LogP contribution in [-0.4, -0.2) is 11.6 Å². The molecule has 0 aliphatic heterocycles. The van der Waals surface area contributed by atoms with Gasteiger partial charge in [-0.15, -0.1) is 0 Å². The third kappa shape index (κ3) is 3.47. The van der Waals surface area contributed by atoms with Crippen LogP contribution in [-0.2, 0) is 0 Å². The van der Waals surface area contributed by atoms with E-state index in [1.54, 1.807) is 0 Å². The Bertz CT molecular complexity index is 561. The van der Waals surface area contributed by atoms with Crippen LogP contribution in [0.15, 0.2) is 34.8 Å². The summed E-state index contributed by atoms with van der Waals surface area (Å²) >= 11 is 3.54. The second-order valence-electron chi connectivity index (χ2n) is 4.22. The fraction of sp³-hybridized carbons (Fsp3) is 0.267. The van der Waals surface area contributed by atoms with Gasteiger partial charge in [0.1, 0.15) is 5.75 Å². The third-order valence-electron chi connectivity index (χ3n) is 2.62. The van der Waals surface area contributed by atoms with Crippen molar-refractivity contribution in [3.63, 3.8) is 0 Å². The minimum absolute atomic E-state index is 0.534. The number of benzene rings is 1. The van der Waals surface area contributed by atoms with E-state index in [9.17, 15) is 0 Å². The molecule has 0 N–H and O–H groups in total. The first-order valence-corrected chi connectivity index (χ1v) is 6.94. The lowest BCUT2D eigenvalue weighted by Gasteiger charge is -2.10. The smallest absolute Gasteiger partial charge is 0.222 e. The molecule has 0 aliphatic carbocycles. The van der Waals surface area contributed by atoms with Crippen molar-refractivity contribution >= 4 is 15.9 Å². The van der Waals surface area contributed by atoms with E-state index in [4.69, 9.17) is 9.47 Å². The monoisotopic (exact) mass is 321 g/mol. The predicted octanol–water partition coefficient (Wildman–Crippen LogP) is 4.65. The summed E-state index contributed by atoms with van der Waals surface area (Å²) in [6.45, 7) is 6.59. The number of pyridine rings is 1. The van der Waals surface area contributed by atoms with Crippen molar-refractivity contribution in [3.8, 4) is 17.5 Å². The van der Waals surface area contributed by atoms with Gasteiger partial charge >= 0.3 is 0 Å². The fourth-order valence-corrected chi connectivity index (χ4v) is 2.00. The maximum atomic E-state index is 5.77. The molecule has 0 fully saturated rings. The maximum Gasteiger partial charge on any atom is 0.222 e. The van der Waals surface area contributed by atoms with Crippen molar-refractivity contribution in [1.29, 1.82) is 0 Å². The molecule has 1 aromatic carbocycles. The Morgan fingerprint density at radius 1 is 1.11 bits per heavy atom. The summed E-state index contributed by atoms with van der Waals surface area (Å²) in [5.74, 6) is 1.89. The highest BCUT2D eigenvalue weighted by Gasteiger charge is 2.05. The lowest BCUT2D eigenvalue weighted by molar-refractivity contribution is 0.321. The zero-order valence-corrected chi connectivity index (χ0v) is 12.8. The van der Waals surface area contributed by atoms with Crippen LogP contribution in [0.25, 0.3) is 0 Å². The van der Waals surface area contributed by atoms with Crippen LogP contribution in [0.1, 0.15) is 18.1 Å². The summed E-state index contributed by atoms with van der Waals surface area (Å²) in [5.41, 5.74) is 2.27. The number of nitrogens with zero attached hydrogens (tertiary/aromatic N) is 1. The quantitative estimate of drug-likeness (QED) is 0.821. The number of halogens is 1. The van der Waals surface area contributed by atoms with E-state index in [-0.39, 0.29) is 0 Å². The molecule has 2 aromatic rings. The van der Waals surface area contributed by atoms with E-state index in [1.807, 2.05) is 51.1 Å². The van der Waals surface area contributed by atoms with Gasteiger partial charge < -0.3 is 9.47 Å². The van der Waals surface area contributed by atoms with Gasteiger partial charge in [0.05, 0.1) is 6.61 Å².